The van der Waals surface area contributed by atoms with Crippen LogP contribution >= 0.6 is 0 Å². The first-order valence-electron chi connectivity index (χ1n) is 4.89. The molecule has 3 heteroatoms. The Morgan fingerprint density at radius 3 is 2.50 bits per heavy atom. The van der Waals surface area contributed by atoms with Crippen molar-refractivity contribution in [1.82, 2.24) is 4.98 Å². The van der Waals surface area contributed by atoms with Gasteiger partial charge in [0.25, 0.3) is 0 Å². The van der Waals surface area contributed by atoms with Gasteiger partial charge < -0.3 is 0 Å². The molecule has 0 radical (unpaired) electrons. The lowest BCUT2D eigenvalue weighted by Crippen LogP contribution is -2.04. The number of rotatable bonds is 2. The molecule has 1 aromatic heterocycles. The molecule has 80 valence electrons. The van der Waals surface area contributed by atoms with Gasteiger partial charge in [0, 0.05) is 18.0 Å². The first-order valence-corrected chi connectivity index (χ1v) is 4.89. The van der Waals surface area contributed by atoms with E-state index in [2.05, 4.69) is 4.98 Å². The summed E-state index contributed by atoms with van der Waals surface area (Å²) in [5.41, 5.74) is 1.33. The number of ketones is 1. The van der Waals surface area contributed by atoms with Gasteiger partial charge in [-0.25, -0.2) is 4.39 Å². The fourth-order valence-electron chi connectivity index (χ4n) is 1.46. The van der Waals surface area contributed by atoms with Crippen molar-refractivity contribution >= 4 is 5.78 Å². The van der Waals surface area contributed by atoms with Crippen LogP contribution in [-0.2, 0) is 0 Å². The second kappa shape index (κ2) is 4.23. The van der Waals surface area contributed by atoms with Gasteiger partial charge in [0.1, 0.15) is 5.82 Å². The van der Waals surface area contributed by atoms with Gasteiger partial charge in [-0.05, 0) is 36.8 Å². The molecule has 1 aromatic carbocycles. The van der Waals surface area contributed by atoms with Gasteiger partial charge in [-0.15, -0.1) is 0 Å². The van der Waals surface area contributed by atoms with Crippen LogP contribution in [0, 0.1) is 12.7 Å². The summed E-state index contributed by atoms with van der Waals surface area (Å²) in [6.07, 6.45) is 3.03. The van der Waals surface area contributed by atoms with Gasteiger partial charge in [0.2, 0.25) is 0 Å². The quantitative estimate of drug-likeness (QED) is 0.721. The number of halogens is 1. The van der Waals surface area contributed by atoms with Crippen LogP contribution in [0.4, 0.5) is 4.39 Å². The Bertz CT molecular complexity index is 523. The summed E-state index contributed by atoms with van der Waals surface area (Å²) < 4.78 is 13.6. The van der Waals surface area contributed by atoms with Crippen molar-refractivity contribution in [3.05, 3.63) is 65.2 Å². The number of hydrogen-bond donors (Lipinski definition) is 0. The number of carbonyl (C=O) groups excluding carboxylic acids is 1. The van der Waals surface area contributed by atoms with E-state index in [1.807, 2.05) is 0 Å². The van der Waals surface area contributed by atoms with Crippen LogP contribution in [0.3, 0.4) is 0 Å². The number of hydrogen-bond acceptors (Lipinski definition) is 2. The zero-order valence-corrected chi connectivity index (χ0v) is 8.77. The van der Waals surface area contributed by atoms with Crippen molar-refractivity contribution in [1.29, 1.82) is 0 Å². The molecule has 16 heavy (non-hydrogen) atoms. The molecule has 0 aliphatic rings. The molecule has 0 saturated carbocycles. The number of aryl methyl sites for hydroxylation is 1. The van der Waals surface area contributed by atoms with Crippen LogP contribution in [-0.4, -0.2) is 10.8 Å². The summed E-state index contributed by atoms with van der Waals surface area (Å²) in [5.74, 6) is -0.804. The van der Waals surface area contributed by atoms with Crippen molar-refractivity contribution in [2.75, 3.05) is 0 Å². The standard InChI is InChI=1S/C13H10FNO/c1-9-2-3-11(12(14)8-9)13(16)10-4-6-15-7-5-10/h2-8H,1H3. The third-order valence-corrected chi connectivity index (χ3v) is 2.31. The van der Waals surface area contributed by atoms with Gasteiger partial charge in [0.05, 0.1) is 5.56 Å². The summed E-state index contributed by atoms with van der Waals surface area (Å²) in [6, 6.07) is 7.72. The van der Waals surface area contributed by atoms with Crippen molar-refractivity contribution in [3.63, 3.8) is 0 Å². The first-order chi connectivity index (χ1) is 7.68. The Morgan fingerprint density at radius 1 is 1.19 bits per heavy atom. The van der Waals surface area contributed by atoms with E-state index in [0.717, 1.165) is 5.56 Å². The van der Waals surface area contributed by atoms with Crippen molar-refractivity contribution in [3.8, 4) is 0 Å². The number of aromatic nitrogens is 1. The van der Waals surface area contributed by atoms with E-state index in [1.165, 1.54) is 24.5 Å². The van der Waals surface area contributed by atoms with Crippen LogP contribution in [0.5, 0.6) is 0 Å². The number of carbonyl (C=O) groups is 1. The van der Waals surface area contributed by atoms with Crippen molar-refractivity contribution in [2.45, 2.75) is 6.92 Å². The highest BCUT2D eigenvalue weighted by atomic mass is 19.1. The SMILES string of the molecule is Cc1ccc(C(=O)c2ccncc2)c(F)c1. The number of benzene rings is 1. The predicted molar refractivity (Wildman–Crippen MR) is 58.8 cm³/mol. The minimum absolute atomic E-state index is 0.0943. The first kappa shape index (κ1) is 10.5. The molecule has 0 aliphatic carbocycles. The number of nitrogens with zero attached hydrogens (tertiary/aromatic N) is 1. The van der Waals surface area contributed by atoms with E-state index in [9.17, 15) is 9.18 Å². The molecule has 0 unspecified atom stereocenters. The molecule has 2 nitrogen and oxygen atoms in total. The van der Waals surface area contributed by atoms with E-state index in [-0.39, 0.29) is 11.3 Å². The van der Waals surface area contributed by atoms with E-state index < -0.39 is 5.82 Å². The number of pyridine rings is 1. The molecule has 0 bridgehead atoms. The highest BCUT2D eigenvalue weighted by molar-refractivity contribution is 6.09. The molecule has 0 aliphatic heterocycles. The largest absolute Gasteiger partial charge is 0.288 e. The van der Waals surface area contributed by atoms with Gasteiger partial charge in [0.15, 0.2) is 5.78 Å². The average Bonchev–Trinajstić information content (AvgIpc) is 2.29. The maximum Gasteiger partial charge on any atom is 0.196 e. The fraction of sp³-hybridized carbons (Fsp3) is 0.0769. The van der Waals surface area contributed by atoms with Gasteiger partial charge >= 0.3 is 0 Å². The molecule has 2 aromatic rings. The van der Waals surface area contributed by atoms with E-state index in [1.54, 1.807) is 25.1 Å². The third kappa shape index (κ3) is 1.98. The Kier molecular flexibility index (Phi) is 2.77. The van der Waals surface area contributed by atoms with Gasteiger partial charge in [-0.3, -0.25) is 9.78 Å². The summed E-state index contributed by atoms with van der Waals surface area (Å²) >= 11 is 0. The maximum absolute atomic E-state index is 13.6. The lowest BCUT2D eigenvalue weighted by molar-refractivity contribution is 0.103. The Morgan fingerprint density at radius 2 is 1.88 bits per heavy atom. The maximum atomic E-state index is 13.6. The molecule has 0 amide bonds. The van der Waals surface area contributed by atoms with Crippen LogP contribution in [0.1, 0.15) is 21.5 Å². The molecule has 0 atom stereocenters. The second-order valence-corrected chi connectivity index (χ2v) is 3.55. The Hall–Kier alpha value is -2.03. The molecular weight excluding hydrogens is 205 g/mol. The summed E-state index contributed by atoms with van der Waals surface area (Å²) in [7, 11) is 0. The zero-order valence-electron chi connectivity index (χ0n) is 8.77. The molecule has 0 N–H and O–H groups in total. The summed E-state index contributed by atoms with van der Waals surface area (Å²) in [5, 5.41) is 0. The van der Waals surface area contributed by atoms with E-state index in [4.69, 9.17) is 0 Å². The van der Waals surface area contributed by atoms with Crippen LogP contribution in [0.15, 0.2) is 42.7 Å². The normalized spacial score (nSPS) is 10.1. The minimum Gasteiger partial charge on any atom is -0.288 e. The molecule has 0 saturated heterocycles. The van der Waals surface area contributed by atoms with Gasteiger partial charge in [-0.1, -0.05) is 6.07 Å². The molecule has 0 fully saturated rings. The summed E-state index contributed by atoms with van der Waals surface area (Å²) in [4.78, 5) is 15.7. The van der Waals surface area contributed by atoms with Gasteiger partial charge in [-0.2, -0.15) is 0 Å². The van der Waals surface area contributed by atoms with Crippen LogP contribution in [0.25, 0.3) is 0 Å². The van der Waals surface area contributed by atoms with E-state index >= 15 is 0 Å². The lowest BCUT2D eigenvalue weighted by atomic mass is 10.0. The monoisotopic (exact) mass is 215 g/mol. The van der Waals surface area contributed by atoms with Crippen LogP contribution in [0.2, 0.25) is 0 Å². The van der Waals surface area contributed by atoms with Crippen LogP contribution < -0.4 is 0 Å². The third-order valence-electron chi connectivity index (χ3n) is 2.31. The highest BCUT2D eigenvalue weighted by Gasteiger charge is 2.13. The predicted octanol–water partition coefficient (Wildman–Crippen LogP) is 2.76. The summed E-state index contributed by atoms with van der Waals surface area (Å²) in [6.45, 7) is 1.78. The van der Waals surface area contributed by atoms with Crippen molar-refractivity contribution < 1.29 is 9.18 Å². The van der Waals surface area contributed by atoms with E-state index in [0.29, 0.717) is 5.56 Å². The highest BCUT2D eigenvalue weighted by Crippen LogP contribution is 2.14. The minimum atomic E-state index is -0.484. The smallest absolute Gasteiger partial charge is 0.196 e. The fourth-order valence-corrected chi connectivity index (χ4v) is 1.46. The Labute approximate surface area is 92.8 Å². The van der Waals surface area contributed by atoms with Crippen molar-refractivity contribution in [2.24, 2.45) is 0 Å². The topological polar surface area (TPSA) is 30.0 Å². The zero-order chi connectivity index (χ0) is 11.5. The molecule has 1 heterocycles. The molecule has 0 spiro atoms. The average molecular weight is 215 g/mol. The lowest BCUT2D eigenvalue weighted by Gasteiger charge is -2.03. The molecular formula is C13H10FNO. The second-order valence-electron chi connectivity index (χ2n) is 3.55. The Balaban J connectivity index is 2.42. The molecule has 2 rings (SSSR count).